The number of H-pyrrole nitrogens is 1. The van der Waals surface area contributed by atoms with Crippen LogP contribution in [0.25, 0.3) is 0 Å². The van der Waals surface area contributed by atoms with Gasteiger partial charge in [-0.2, -0.15) is 0 Å². The maximum Gasteiger partial charge on any atom is 0.252 e. The van der Waals surface area contributed by atoms with E-state index in [-0.39, 0.29) is 11.5 Å². The molecule has 1 aromatic rings. The van der Waals surface area contributed by atoms with Crippen LogP contribution in [0.15, 0.2) is 10.9 Å². The van der Waals surface area contributed by atoms with Crippen LogP contribution in [0.1, 0.15) is 38.4 Å². The highest BCUT2D eigenvalue weighted by Gasteiger charge is 2.29. The minimum atomic E-state index is -0.0821. The van der Waals surface area contributed by atoms with Crippen molar-refractivity contribution in [1.29, 1.82) is 0 Å². The lowest BCUT2D eigenvalue weighted by Gasteiger charge is -2.23. The predicted octanol–water partition coefficient (Wildman–Crippen LogP) is 0.821. The molecular weight excluding hydrogens is 216 g/mol. The molecule has 1 saturated carbocycles. The van der Waals surface area contributed by atoms with E-state index in [4.69, 9.17) is 5.73 Å². The molecule has 0 aromatic carbocycles. The Labute approximate surface area is 101 Å². The van der Waals surface area contributed by atoms with Crippen molar-refractivity contribution in [1.82, 2.24) is 9.97 Å². The van der Waals surface area contributed by atoms with E-state index in [1.807, 2.05) is 13.8 Å². The average molecular weight is 236 g/mol. The van der Waals surface area contributed by atoms with Crippen molar-refractivity contribution in [2.75, 3.05) is 18.0 Å². The van der Waals surface area contributed by atoms with Gasteiger partial charge in [-0.25, -0.2) is 4.98 Å². The molecule has 5 heteroatoms. The SMILES string of the molecule is CC(C)c1nc(N(CCN)C2CC2)cc(=O)[nH]1. The monoisotopic (exact) mass is 236 g/mol. The fourth-order valence-corrected chi connectivity index (χ4v) is 1.89. The Bertz CT molecular complexity index is 436. The summed E-state index contributed by atoms with van der Waals surface area (Å²) in [5.41, 5.74) is 5.53. The Kier molecular flexibility index (Phi) is 3.47. The van der Waals surface area contributed by atoms with Crippen molar-refractivity contribution >= 4 is 5.82 Å². The van der Waals surface area contributed by atoms with Crippen LogP contribution in [0.3, 0.4) is 0 Å². The molecule has 94 valence electrons. The van der Waals surface area contributed by atoms with Crippen LogP contribution in [0.4, 0.5) is 5.82 Å². The topological polar surface area (TPSA) is 75.0 Å². The van der Waals surface area contributed by atoms with Crippen molar-refractivity contribution in [3.8, 4) is 0 Å². The molecule has 0 unspecified atom stereocenters. The lowest BCUT2D eigenvalue weighted by molar-refractivity contribution is 0.728. The third-order valence-electron chi connectivity index (χ3n) is 2.95. The Morgan fingerprint density at radius 2 is 2.29 bits per heavy atom. The number of nitrogens with two attached hydrogens (primary N) is 1. The smallest absolute Gasteiger partial charge is 0.252 e. The number of aromatic nitrogens is 2. The van der Waals surface area contributed by atoms with Crippen LogP contribution in [0, 0.1) is 0 Å². The van der Waals surface area contributed by atoms with Gasteiger partial charge in [0.05, 0.1) is 0 Å². The van der Waals surface area contributed by atoms with Gasteiger partial charge in [-0.05, 0) is 12.8 Å². The minimum absolute atomic E-state index is 0.0821. The normalized spacial score (nSPS) is 15.3. The molecule has 0 bridgehead atoms. The molecule has 1 fully saturated rings. The molecule has 1 aliphatic rings. The standard InChI is InChI=1S/C12H20N4O/c1-8(2)12-14-10(7-11(17)15-12)16(6-5-13)9-3-4-9/h7-9H,3-6,13H2,1-2H3,(H,14,15,17). The first kappa shape index (κ1) is 12.1. The first-order valence-electron chi connectivity index (χ1n) is 6.19. The number of nitrogens with one attached hydrogen (secondary N) is 1. The van der Waals surface area contributed by atoms with Crippen LogP contribution in [0.2, 0.25) is 0 Å². The number of aromatic amines is 1. The number of hydrogen-bond donors (Lipinski definition) is 2. The predicted molar refractivity (Wildman–Crippen MR) is 68.4 cm³/mol. The van der Waals surface area contributed by atoms with E-state index in [9.17, 15) is 4.79 Å². The van der Waals surface area contributed by atoms with Crippen LogP contribution >= 0.6 is 0 Å². The third-order valence-corrected chi connectivity index (χ3v) is 2.95. The summed E-state index contributed by atoms with van der Waals surface area (Å²) in [7, 11) is 0. The molecule has 2 rings (SSSR count). The number of hydrogen-bond acceptors (Lipinski definition) is 4. The van der Waals surface area contributed by atoms with E-state index in [2.05, 4.69) is 14.9 Å². The maximum absolute atomic E-state index is 11.6. The highest BCUT2D eigenvalue weighted by Crippen LogP contribution is 2.29. The second-order valence-corrected chi connectivity index (χ2v) is 4.86. The molecule has 5 nitrogen and oxygen atoms in total. The fraction of sp³-hybridized carbons (Fsp3) is 0.667. The van der Waals surface area contributed by atoms with Crippen LogP contribution in [0.5, 0.6) is 0 Å². The third kappa shape index (κ3) is 2.85. The molecule has 17 heavy (non-hydrogen) atoms. The molecule has 0 amide bonds. The van der Waals surface area contributed by atoms with Gasteiger partial charge in [0.15, 0.2) is 0 Å². The Hall–Kier alpha value is -1.36. The second kappa shape index (κ2) is 4.87. The van der Waals surface area contributed by atoms with Crippen molar-refractivity contribution in [3.05, 3.63) is 22.2 Å². The largest absolute Gasteiger partial charge is 0.352 e. The Morgan fingerprint density at radius 3 is 2.82 bits per heavy atom. The van der Waals surface area contributed by atoms with Crippen molar-refractivity contribution in [3.63, 3.8) is 0 Å². The Balaban J connectivity index is 2.32. The van der Waals surface area contributed by atoms with Gasteiger partial charge in [0.2, 0.25) is 0 Å². The van der Waals surface area contributed by atoms with Gasteiger partial charge in [-0.3, -0.25) is 4.79 Å². The second-order valence-electron chi connectivity index (χ2n) is 4.86. The van der Waals surface area contributed by atoms with Crippen LogP contribution in [-0.2, 0) is 0 Å². The van der Waals surface area contributed by atoms with Crippen molar-refractivity contribution in [2.24, 2.45) is 5.73 Å². The highest BCUT2D eigenvalue weighted by atomic mass is 16.1. The molecule has 0 spiro atoms. The van der Waals surface area contributed by atoms with E-state index in [1.165, 1.54) is 12.8 Å². The summed E-state index contributed by atoms with van der Waals surface area (Å²) < 4.78 is 0. The summed E-state index contributed by atoms with van der Waals surface area (Å²) in [5.74, 6) is 1.74. The van der Waals surface area contributed by atoms with Crippen molar-refractivity contribution < 1.29 is 0 Å². The first-order chi connectivity index (χ1) is 8.11. The van der Waals surface area contributed by atoms with Gasteiger partial charge in [-0.15, -0.1) is 0 Å². The molecule has 0 saturated heterocycles. The van der Waals surface area contributed by atoms with Gasteiger partial charge in [0, 0.05) is 31.1 Å². The van der Waals surface area contributed by atoms with Gasteiger partial charge in [0.25, 0.3) is 5.56 Å². The summed E-state index contributed by atoms with van der Waals surface area (Å²) in [6, 6.07) is 2.09. The molecule has 1 aliphatic carbocycles. The van der Waals surface area contributed by atoms with E-state index >= 15 is 0 Å². The molecule has 0 atom stereocenters. The lowest BCUT2D eigenvalue weighted by atomic mass is 10.2. The number of rotatable bonds is 5. The Morgan fingerprint density at radius 1 is 1.59 bits per heavy atom. The summed E-state index contributed by atoms with van der Waals surface area (Å²) >= 11 is 0. The average Bonchev–Trinajstić information content (AvgIpc) is 3.08. The molecule has 1 aromatic heterocycles. The quantitative estimate of drug-likeness (QED) is 0.793. The lowest BCUT2D eigenvalue weighted by Crippen LogP contribution is -2.33. The zero-order valence-corrected chi connectivity index (χ0v) is 10.4. The highest BCUT2D eigenvalue weighted by molar-refractivity contribution is 5.41. The van der Waals surface area contributed by atoms with E-state index in [1.54, 1.807) is 6.07 Å². The zero-order valence-electron chi connectivity index (χ0n) is 10.4. The fourth-order valence-electron chi connectivity index (χ4n) is 1.89. The van der Waals surface area contributed by atoms with Gasteiger partial charge in [-0.1, -0.05) is 13.8 Å². The van der Waals surface area contributed by atoms with Gasteiger partial charge < -0.3 is 15.6 Å². The molecule has 3 N–H and O–H groups in total. The molecule has 1 heterocycles. The summed E-state index contributed by atoms with van der Waals surface area (Å²) in [5, 5.41) is 0. The molecular formula is C12H20N4O. The zero-order chi connectivity index (χ0) is 12.4. The minimum Gasteiger partial charge on any atom is -0.352 e. The summed E-state index contributed by atoms with van der Waals surface area (Å²) in [6.07, 6.45) is 2.34. The summed E-state index contributed by atoms with van der Waals surface area (Å²) in [6.45, 7) is 5.39. The molecule has 0 radical (unpaired) electrons. The van der Waals surface area contributed by atoms with E-state index in [0.29, 0.717) is 12.6 Å². The van der Waals surface area contributed by atoms with E-state index in [0.717, 1.165) is 18.2 Å². The maximum atomic E-state index is 11.6. The van der Waals surface area contributed by atoms with Crippen LogP contribution < -0.4 is 16.2 Å². The van der Waals surface area contributed by atoms with Crippen molar-refractivity contribution in [2.45, 2.75) is 38.6 Å². The van der Waals surface area contributed by atoms with Gasteiger partial charge in [0.1, 0.15) is 11.6 Å². The summed E-state index contributed by atoms with van der Waals surface area (Å²) in [4.78, 5) is 21.1. The number of nitrogens with zero attached hydrogens (tertiary/aromatic N) is 2. The molecule has 0 aliphatic heterocycles. The number of anilines is 1. The van der Waals surface area contributed by atoms with Crippen LogP contribution in [-0.4, -0.2) is 29.1 Å². The van der Waals surface area contributed by atoms with Gasteiger partial charge >= 0.3 is 0 Å². The van der Waals surface area contributed by atoms with E-state index < -0.39 is 0 Å². The first-order valence-corrected chi connectivity index (χ1v) is 6.19.